The minimum Gasteiger partial charge on any atom is -0.493 e. The number of methoxy groups -OCH3 is 1. The zero-order valence-corrected chi connectivity index (χ0v) is 16.0. The van der Waals surface area contributed by atoms with Crippen LogP contribution in [-0.4, -0.2) is 20.3 Å². The lowest BCUT2D eigenvalue weighted by Gasteiger charge is -2.19. The quantitative estimate of drug-likeness (QED) is 0.668. The molecule has 0 aliphatic rings. The maximum absolute atomic E-state index is 6.10. The van der Waals surface area contributed by atoms with Crippen LogP contribution in [0.3, 0.4) is 0 Å². The number of hydrogen-bond donors (Lipinski definition) is 1. The first-order valence-corrected chi connectivity index (χ1v) is 9.16. The van der Waals surface area contributed by atoms with E-state index in [1.807, 2.05) is 6.07 Å². The van der Waals surface area contributed by atoms with Crippen molar-refractivity contribution in [1.29, 1.82) is 0 Å². The van der Waals surface area contributed by atoms with Crippen LogP contribution in [0.4, 0.5) is 0 Å². The molecule has 0 amide bonds. The van der Waals surface area contributed by atoms with E-state index in [1.54, 1.807) is 7.11 Å². The third kappa shape index (κ3) is 5.23. The fourth-order valence-electron chi connectivity index (χ4n) is 3.09. The molecule has 2 rings (SSSR count). The summed E-state index contributed by atoms with van der Waals surface area (Å²) in [6.07, 6.45) is 3.06. The van der Waals surface area contributed by atoms with E-state index in [-0.39, 0.29) is 0 Å². The second kappa shape index (κ2) is 9.47. The maximum atomic E-state index is 6.10. The van der Waals surface area contributed by atoms with Crippen LogP contribution in [0.2, 0.25) is 0 Å². The lowest BCUT2D eigenvalue weighted by molar-refractivity contribution is 0.288. The molecule has 0 radical (unpaired) electrons. The van der Waals surface area contributed by atoms with E-state index >= 15 is 0 Å². The van der Waals surface area contributed by atoms with Crippen molar-refractivity contribution in [2.24, 2.45) is 5.73 Å². The fourth-order valence-corrected chi connectivity index (χ4v) is 3.09. The van der Waals surface area contributed by atoms with Crippen molar-refractivity contribution in [2.75, 3.05) is 20.3 Å². The highest BCUT2D eigenvalue weighted by atomic mass is 16.5. The Morgan fingerprint density at radius 1 is 1.04 bits per heavy atom. The lowest BCUT2D eigenvalue weighted by Crippen LogP contribution is -2.16. The molecule has 1 atom stereocenters. The molecule has 0 bridgehead atoms. The average Bonchev–Trinajstić information content (AvgIpc) is 2.62. The largest absolute Gasteiger partial charge is 0.493 e. The van der Waals surface area contributed by atoms with Crippen molar-refractivity contribution in [3.63, 3.8) is 0 Å². The summed E-state index contributed by atoms with van der Waals surface area (Å²) in [5.41, 5.74) is 11.2. The van der Waals surface area contributed by atoms with Crippen LogP contribution in [0, 0.1) is 13.8 Å². The predicted octanol–water partition coefficient (Wildman–Crippen LogP) is 4.78. The molecule has 0 heterocycles. The highest BCUT2D eigenvalue weighted by Gasteiger charge is 2.15. The fraction of sp³-hybridized carbons (Fsp3) is 0.455. The second-order valence-electron chi connectivity index (χ2n) is 6.68. The summed E-state index contributed by atoms with van der Waals surface area (Å²) in [5, 5.41) is 0. The summed E-state index contributed by atoms with van der Waals surface area (Å²) in [6, 6.07) is 12.8. The Labute approximate surface area is 152 Å². The number of ether oxygens (including phenoxy) is 2. The Balaban J connectivity index is 2.18. The standard InChI is InChI=1S/C22H31NO2/c1-5-6-11-25-21-10-9-18(14-22(21)24-4)13-19(15-23)20-12-16(2)7-8-17(20)3/h7-10,12,14,19H,5-6,11,13,15,23H2,1-4H3. The van der Waals surface area contributed by atoms with Crippen LogP contribution in [0.25, 0.3) is 0 Å². The van der Waals surface area contributed by atoms with Crippen LogP contribution in [0.5, 0.6) is 11.5 Å². The number of benzene rings is 2. The van der Waals surface area contributed by atoms with Crippen LogP contribution < -0.4 is 15.2 Å². The van der Waals surface area contributed by atoms with Crippen molar-refractivity contribution in [3.8, 4) is 11.5 Å². The second-order valence-corrected chi connectivity index (χ2v) is 6.68. The van der Waals surface area contributed by atoms with Gasteiger partial charge in [-0.3, -0.25) is 0 Å². The van der Waals surface area contributed by atoms with Gasteiger partial charge in [-0.25, -0.2) is 0 Å². The van der Waals surface area contributed by atoms with E-state index in [9.17, 15) is 0 Å². The molecule has 0 saturated carbocycles. The monoisotopic (exact) mass is 341 g/mol. The van der Waals surface area contributed by atoms with E-state index in [1.165, 1.54) is 22.3 Å². The third-order valence-corrected chi connectivity index (χ3v) is 4.62. The SMILES string of the molecule is CCCCOc1ccc(CC(CN)c2cc(C)ccc2C)cc1OC. The van der Waals surface area contributed by atoms with Crippen LogP contribution in [0.1, 0.15) is 47.9 Å². The molecule has 0 aliphatic carbocycles. The predicted molar refractivity (Wildman–Crippen MR) is 105 cm³/mol. The van der Waals surface area contributed by atoms with Gasteiger partial charge in [0, 0.05) is 5.92 Å². The van der Waals surface area contributed by atoms with E-state index < -0.39 is 0 Å². The average molecular weight is 341 g/mol. The van der Waals surface area contributed by atoms with Gasteiger partial charge in [0.1, 0.15) is 0 Å². The molecular formula is C22H31NO2. The van der Waals surface area contributed by atoms with E-state index in [4.69, 9.17) is 15.2 Å². The molecule has 3 nitrogen and oxygen atoms in total. The highest BCUT2D eigenvalue weighted by Crippen LogP contribution is 2.31. The Hall–Kier alpha value is -2.00. The Bertz CT molecular complexity index is 682. The van der Waals surface area contributed by atoms with Crippen LogP contribution in [0.15, 0.2) is 36.4 Å². The molecule has 1 unspecified atom stereocenters. The molecule has 0 aliphatic heterocycles. The smallest absolute Gasteiger partial charge is 0.161 e. The molecule has 0 spiro atoms. The van der Waals surface area contributed by atoms with E-state index in [2.05, 4.69) is 51.1 Å². The van der Waals surface area contributed by atoms with Gasteiger partial charge in [0.05, 0.1) is 13.7 Å². The molecule has 2 aromatic rings. The van der Waals surface area contributed by atoms with Gasteiger partial charge in [-0.1, -0.05) is 43.2 Å². The zero-order chi connectivity index (χ0) is 18.2. The van der Waals surface area contributed by atoms with Gasteiger partial charge in [-0.15, -0.1) is 0 Å². The van der Waals surface area contributed by atoms with Gasteiger partial charge in [0.15, 0.2) is 11.5 Å². The Morgan fingerprint density at radius 3 is 2.52 bits per heavy atom. The summed E-state index contributed by atoms with van der Waals surface area (Å²) in [7, 11) is 1.69. The lowest BCUT2D eigenvalue weighted by atomic mass is 9.88. The van der Waals surface area contributed by atoms with Crippen LogP contribution >= 0.6 is 0 Å². The topological polar surface area (TPSA) is 44.5 Å². The van der Waals surface area contributed by atoms with Gasteiger partial charge in [-0.2, -0.15) is 0 Å². The van der Waals surface area contributed by atoms with E-state index in [0.717, 1.165) is 37.4 Å². The van der Waals surface area contributed by atoms with Crippen molar-refractivity contribution in [1.82, 2.24) is 0 Å². The minimum atomic E-state index is 0.302. The van der Waals surface area contributed by atoms with Gasteiger partial charge < -0.3 is 15.2 Å². The van der Waals surface area contributed by atoms with Crippen molar-refractivity contribution in [2.45, 2.75) is 46.0 Å². The molecule has 0 saturated heterocycles. The minimum absolute atomic E-state index is 0.302. The molecule has 2 aromatic carbocycles. The normalized spacial score (nSPS) is 12.0. The Morgan fingerprint density at radius 2 is 1.84 bits per heavy atom. The van der Waals surface area contributed by atoms with Gasteiger partial charge in [-0.05, 0) is 62.1 Å². The van der Waals surface area contributed by atoms with Gasteiger partial charge >= 0.3 is 0 Å². The van der Waals surface area contributed by atoms with Crippen molar-refractivity contribution >= 4 is 0 Å². The molecule has 0 fully saturated rings. The van der Waals surface area contributed by atoms with Gasteiger partial charge in [0.2, 0.25) is 0 Å². The summed E-state index contributed by atoms with van der Waals surface area (Å²) in [4.78, 5) is 0. The molecule has 25 heavy (non-hydrogen) atoms. The first kappa shape index (κ1) is 19.3. The number of aryl methyl sites for hydroxylation is 2. The van der Waals surface area contributed by atoms with Crippen molar-refractivity contribution < 1.29 is 9.47 Å². The maximum Gasteiger partial charge on any atom is 0.161 e. The summed E-state index contributed by atoms with van der Waals surface area (Å²) in [5.74, 6) is 1.91. The molecule has 0 aromatic heterocycles. The molecule has 2 N–H and O–H groups in total. The highest BCUT2D eigenvalue weighted by molar-refractivity contribution is 5.44. The first-order valence-electron chi connectivity index (χ1n) is 9.16. The Kier molecular flexibility index (Phi) is 7.32. The zero-order valence-electron chi connectivity index (χ0n) is 16.0. The number of nitrogens with two attached hydrogens (primary N) is 1. The third-order valence-electron chi connectivity index (χ3n) is 4.62. The van der Waals surface area contributed by atoms with E-state index in [0.29, 0.717) is 12.5 Å². The molecule has 136 valence electrons. The summed E-state index contributed by atoms with van der Waals surface area (Å²) in [6.45, 7) is 7.79. The van der Waals surface area contributed by atoms with Crippen LogP contribution in [-0.2, 0) is 6.42 Å². The number of rotatable bonds is 9. The molecule has 3 heteroatoms. The first-order chi connectivity index (χ1) is 12.1. The van der Waals surface area contributed by atoms with Crippen molar-refractivity contribution in [3.05, 3.63) is 58.7 Å². The number of hydrogen-bond acceptors (Lipinski definition) is 3. The molecular weight excluding hydrogens is 310 g/mol. The number of unbranched alkanes of at least 4 members (excludes halogenated alkanes) is 1. The summed E-state index contributed by atoms with van der Waals surface area (Å²) < 4.78 is 11.3. The van der Waals surface area contributed by atoms with Gasteiger partial charge in [0.25, 0.3) is 0 Å². The summed E-state index contributed by atoms with van der Waals surface area (Å²) >= 11 is 0.